The zero-order valence-corrected chi connectivity index (χ0v) is 13.9. The van der Waals surface area contributed by atoms with Crippen LogP contribution >= 0.6 is 23.4 Å². The molecule has 0 aliphatic heterocycles. The molecule has 0 radical (unpaired) electrons. The molecule has 8 nitrogen and oxygen atoms in total. The van der Waals surface area contributed by atoms with Crippen LogP contribution in [0.4, 0.5) is 5.69 Å². The second-order valence-corrected chi connectivity index (χ2v) is 6.04. The van der Waals surface area contributed by atoms with E-state index in [2.05, 4.69) is 20.5 Å². The van der Waals surface area contributed by atoms with E-state index in [9.17, 15) is 14.4 Å². The number of amides is 1. The maximum atomic E-state index is 11.8. The minimum absolute atomic E-state index is 0.000331. The number of anilines is 1. The molecule has 1 amide bonds. The first-order chi connectivity index (χ1) is 11.4. The Labute approximate surface area is 145 Å². The number of benzene rings is 1. The number of hydrogen-bond acceptors (Lipinski definition) is 6. The molecule has 1 heterocycles. The molecular formula is C14H13ClN4O4S. The molecule has 3 N–H and O–H groups in total. The van der Waals surface area contributed by atoms with Gasteiger partial charge in [-0.3, -0.25) is 19.4 Å². The van der Waals surface area contributed by atoms with Gasteiger partial charge in [-0.25, -0.2) is 0 Å². The number of aliphatic carboxylic acids is 1. The summed E-state index contributed by atoms with van der Waals surface area (Å²) in [5.41, 5.74) is 0.146. The lowest BCUT2D eigenvalue weighted by Crippen LogP contribution is -2.19. The highest BCUT2D eigenvalue weighted by molar-refractivity contribution is 7.99. The van der Waals surface area contributed by atoms with Gasteiger partial charge < -0.3 is 10.4 Å². The molecule has 126 valence electrons. The number of hydrogen-bond donors (Lipinski definition) is 3. The highest BCUT2D eigenvalue weighted by atomic mass is 35.5. The van der Waals surface area contributed by atoms with Crippen molar-refractivity contribution in [3.8, 4) is 0 Å². The van der Waals surface area contributed by atoms with Gasteiger partial charge in [0.15, 0.2) is 5.16 Å². The summed E-state index contributed by atoms with van der Waals surface area (Å²) in [6, 6.07) is 6.65. The number of carbonyl (C=O) groups excluding carboxylic acids is 1. The molecular weight excluding hydrogens is 356 g/mol. The average Bonchev–Trinajstić information content (AvgIpc) is 2.54. The fourth-order valence-corrected chi connectivity index (χ4v) is 2.39. The van der Waals surface area contributed by atoms with Crippen molar-refractivity contribution in [2.24, 2.45) is 0 Å². The quantitative estimate of drug-likeness (QED) is 0.633. The lowest BCUT2D eigenvalue weighted by atomic mass is 10.2. The maximum absolute atomic E-state index is 11.8. The van der Waals surface area contributed by atoms with Crippen LogP contribution in [0.3, 0.4) is 0 Å². The molecule has 0 saturated carbocycles. The predicted molar refractivity (Wildman–Crippen MR) is 89.4 cm³/mol. The van der Waals surface area contributed by atoms with Crippen molar-refractivity contribution >= 4 is 40.9 Å². The van der Waals surface area contributed by atoms with Crippen molar-refractivity contribution in [2.45, 2.75) is 18.0 Å². The van der Waals surface area contributed by atoms with E-state index in [4.69, 9.17) is 16.7 Å². The Bertz CT molecular complexity index is 794. The Balaban J connectivity index is 1.88. The molecule has 0 aliphatic carbocycles. The van der Waals surface area contributed by atoms with Crippen molar-refractivity contribution in [3.05, 3.63) is 45.3 Å². The number of carboxylic acids is 1. The SMILES string of the molecule is O=C(O)CCc1nnc(SCC(=O)Nc2ccc(Cl)cc2)[nH]c1=O. The fourth-order valence-electron chi connectivity index (χ4n) is 1.66. The minimum atomic E-state index is -1.02. The van der Waals surface area contributed by atoms with Gasteiger partial charge in [0.25, 0.3) is 5.56 Å². The fraction of sp³-hybridized carbons (Fsp3) is 0.214. The van der Waals surface area contributed by atoms with Gasteiger partial charge >= 0.3 is 5.97 Å². The number of aromatic amines is 1. The van der Waals surface area contributed by atoms with Gasteiger partial charge in [-0.1, -0.05) is 23.4 Å². The van der Waals surface area contributed by atoms with Crippen molar-refractivity contribution in [1.82, 2.24) is 15.2 Å². The standard InChI is InChI=1S/C14H13ClN4O4S/c15-8-1-3-9(4-2-8)16-11(20)7-24-14-17-13(23)10(18-19-14)5-6-12(21)22/h1-4H,5-7H2,(H,16,20)(H,21,22)(H,17,19,23). The van der Waals surface area contributed by atoms with Gasteiger partial charge in [-0.15, -0.1) is 10.2 Å². The molecule has 0 saturated heterocycles. The zero-order chi connectivity index (χ0) is 17.5. The summed E-state index contributed by atoms with van der Waals surface area (Å²) in [5, 5.41) is 19.5. The van der Waals surface area contributed by atoms with Gasteiger partial charge in [0.05, 0.1) is 12.2 Å². The number of halogens is 1. The van der Waals surface area contributed by atoms with Crippen LogP contribution in [0.25, 0.3) is 0 Å². The number of aryl methyl sites for hydroxylation is 1. The summed E-state index contributed by atoms with van der Waals surface area (Å²) in [4.78, 5) is 36.5. The van der Waals surface area contributed by atoms with Crippen molar-refractivity contribution in [3.63, 3.8) is 0 Å². The lowest BCUT2D eigenvalue weighted by Gasteiger charge is -2.05. The largest absolute Gasteiger partial charge is 0.481 e. The molecule has 24 heavy (non-hydrogen) atoms. The van der Waals surface area contributed by atoms with E-state index in [1.165, 1.54) is 0 Å². The molecule has 10 heteroatoms. The number of rotatable bonds is 7. The number of nitrogens with zero attached hydrogens (tertiary/aromatic N) is 2. The highest BCUT2D eigenvalue weighted by Gasteiger charge is 2.09. The monoisotopic (exact) mass is 368 g/mol. The number of carbonyl (C=O) groups is 2. The molecule has 0 bridgehead atoms. The molecule has 1 aromatic carbocycles. The molecule has 0 aliphatic rings. The Kier molecular flexibility index (Phi) is 6.33. The van der Waals surface area contributed by atoms with Crippen molar-refractivity contribution < 1.29 is 14.7 Å². The van der Waals surface area contributed by atoms with Crippen molar-refractivity contribution in [2.75, 3.05) is 11.1 Å². The molecule has 0 atom stereocenters. The first kappa shape index (κ1) is 18.0. The Morgan fingerprint density at radius 2 is 1.96 bits per heavy atom. The predicted octanol–water partition coefficient (Wildman–Crippen LogP) is 1.57. The van der Waals surface area contributed by atoms with Crippen LogP contribution in [-0.4, -0.2) is 37.9 Å². The third-order valence-electron chi connectivity index (χ3n) is 2.79. The average molecular weight is 369 g/mol. The van der Waals surface area contributed by atoms with E-state index in [1.54, 1.807) is 24.3 Å². The van der Waals surface area contributed by atoms with Crippen LogP contribution < -0.4 is 10.9 Å². The molecule has 2 aromatic rings. The van der Waals surface area contributed by atoms with E-state index < -0.39 is 11.5 Å². The third-order valence-corrected chi connectivity index (χ3v) is 3.90. The Morgan fingerprint density at radius 3 is 2.58 bits per heavy atom. The summed E-state index contributed by atoms with van der Waals surface area (Å²) >= 11 is 6.77. The van der Waals surface area contributed by atoms with Crippen LogP contribution in [0.15, 0.2) is 34.2 Å². The van der Waals surface area contributed by atoms with E-state index in [1.807, 2.05) is 0 Å². The molecule has 0 spiro atoms. The Morgan fingerprint density at radius 1 is 1.25 bits per heavy atom. The molecule has 0 fully saturated rings. The number of aromatic nitrogens is 3. The topological polar surface area (TPSA) is 125 Å². The van der Waals surface area contributed by atoms with Gasteiger partial charge in [-0.05, 0) is 24.3 Å². The normalized spacial score (nSPS) is 10.4. The summed E-state index contributed by atoms with van der Waals surface area (Å²) in [7, 11) is 0. The van der Waals surface area contributed by atoms with Crippen LogP contribution in [0.2, 0.25) is 5.02 Å². The van der Waals surface area contributed by atoms with E-state index in [0.29, 0.717) is 10.7 Å². The van der Waals surface area contributed by atoms with Gasteiger partial charge in [-0.2, -0.15) is 0 Å². The molecule has 1 aromatic heterocycles. The van der Waals surface area contributed by atoms with Crippen molar-refractivity contribution in [1.29, 1.82) is 0 Å². The number of carboxylic acid groups (broad SMARTS) is 1. The maximum Gasteiger partial charge on any atom is 0.303 e. The Hall–Kier alpha value is -2.39. The van der Waals surface area contributed by atoms with Crippen LogP contribution in [0, 0.1) is 0 Å². The minimum Gasteiger partial charge on any atom is -0.481 e. The number of nitrogens with one attached hydrogen (secondary N) is 2. The second kappa shape index (κ2) is 8.46. The third kappa shape index (κ3) is 5.67. The van der Waals surface area contributed by atoms with E-state index in [-0.39, 0.29) is 35.4 Å². The van der Waals surface area contributed by atoms with E-state index >= 15 is 0 Å². The summed E-state index contributed by atoms with van der Waals surface area (Å²) in [6.07, 6.45) is -0.201. The highest BCUT2D eigenvalue weighted by Crippen LogP contribution is 2.15. The first-order valence-electron chi connectivity index (χ1n) is 6.80. The molecule has 0 unspecified atom stereocenters. The van der Waals surface area contributed by atoms with E-state index in [0.717, 1.165) is 11.8 Å². The smallest absolute Gasteiger partial charge is 0.303 e. The number of H-pyrrole nitrogens is 1. The summed E-state index contributed by atoms with van der Waals surface area (Å²) < 4.78 is 0. The van der Waals surface area contributed by atoms with Gasteiger partial charge in [0.2, 0.25) is 5.91 Å². The van der Waals surface area contributed by atoms with Crippen LogP contribution in [-0.2, 0) is 16.0 Å². The van der Waals surface area contributed by atoms with Crippen LogP contribution in [0.5, 0.6) is 0 Å². The van der Waals surface area contributed by atoms with Crippen LogP contribution in [0.1, 0.15) is 12.1 Å². The summed E-state index contributed by atoms with van der Waals surface area (Å²) in [6.45, 7) is 0. The van der Waals surface area contributed by atoms with Gasteiger partial charge in [0.1, 0.15) is 5.69 Å². The molecule has 2 rings (SSSR count). The summed E-state index contributed by atoms with van der Waals surface area (Å²) in [5.74, 6) is -1.27. The lowest BCUT2D eigenvalue weighted by molar-refractivity contribution is -0.137. The second-order valence-electron chi connectivity index (χ2n) is 4.64. The van der Waals surface area contributed by atoms with Gasteiger partial charge in [0, 0.05) is 17.1 Å². The number of thioether (sulfide) groups is 1. The first-order valence-corrected chi connectivity index (χ1v) is 8.16. The zero-order valence-electron chi connectivity index (χ0n) is 12.3.